The maximum absolute atomic E-state index is 13.0. The molecule has 1 aliphatic rings. The lowest BCUT2D eigenvalue weighted by atomic mass is 10.1. The number of nitrogens with one attached hydrogen (secondary N) is 2. The molecule has 2 rings (SSSR count). The van der Waals surface area contributed by atoms with E-state index in [0.29, 0.717) is 5.75 Å². The molecule has 1 saturated heterocycles. The van der Waals surface area contributed by atoms with Crippen molar-refractivity contribution in [1.82, 2.24) is 15.1 Å². The molecule has 0 radical (unpaired) electrons. The molecule has 0 aromatic heterocycles. The number of sulfonamides is 1. The Morgan fingerprint density at radius 3 is 2.55 bits per heavy atom. The van der Waals surface area contributed by atoms with E-state index in [4.69, 9.17) is 9.94 Å². The van der Waals surface area contributed by atoms with Crippen LogP contribution in [0.25, 0.3) is 0 Å². The van der Waals surface area contributed by atoms with Crippen LogP contribution in [0, 0.1) is 11.8 Å². The van der Waals surface area contributed by atoms with E-state index in [1.165, 1.54) is 50.5 Å². The van der Waals surface area contributed by atoms with E-state index >= 15 is 0 Å². The van der Waals surface area contributed by atoms with E-state index in [1.807, 2.05) is 0 Å². The molecule has 1 aromatic rings. The number of ether oxygens (including phenoxy) is 1. The van der Waals surface area contributed by atoms with Crippen LogP contribution in [0.4, 0.5) is 0 Å². The highest BCUT2D eigenvalue weighted by Crippen LogP contribution is 2.24. The van der Waals surface area contributed by atoms with Gasteiger partial charge in [-0.2, -0.15) is 4.31 Å². The smallest absolute Gasteiger partial charge is 0.263 e. The highest BCUT2D eigenvalue weighted by atomic mass is 32.2. The van der Waals surface area contributed by atoms with Gasteiger partial charge in [-0.15, -0.1) is 0 Å². The lowest BCUT2D eigenvalue weighted by Crippen LogP contribution is -2.65. The number of benzene rings is 1. The Kier molecular flexibility index (Phi) is 6.86. The maximum Gasteiger partial charge on any atom is 0.263 e. The van der Waals surface area contributed by atoms with Crippen molar-refractivity contribution in [2.75, 3.05) is 13.2 Å². The number of hydrogen-bond acceptors (Lipinski definition) is 7. The topological polar surface area (TPSA) is 145 Å². The van der Waals surface area contributed by atoms with Gasteiger partial charge >= 0.3 is 0 Å². The van der Waals surface area contributed by atoms with E-state index in [-0.39, 0.29) is 11.5 Å². The number of hydroxylamine groups is 1. The zero-order chi connectivity index (χ0) is 21.8. The fraction of sp³-hybridized carbons (Fsp3) is 0.444. The van der Waals surface area contributed by atoms with Gasteiger partial charge in [-0.1, -0.05) is 11.8 Å². The molecule has 0 spiro atoms. The second-order valence-electron chi connectivity index (χ2n) is 6.95. The number of aliphatic hydroxyl groups is 1. The third-order valence-electron chi connectivity index (χ3n) is 3.99. The minimum atomic E-state index is -4.21. The summed E-state index contributed by atoms with van der Waals surface area (Å²) >= 11 is 0. The monoisotopic (exact) mass is 425 g/mol. The van der Waals surface area contributed by atoms with Gasteiger partial charge in [-0.3, -0.25) is 14.8 Å². The minimum absolute atomic E-state index is 0.00135. The Morgan fingerprint density at radius 1 is 1.38 bits per heavy atom. The van der Waals surface area contributed by atoms with E-state index in [2.05, 4.69) is 17.2 Å². The standard InChI is InChI=1S/C18H23N3O7S/c1-12-16(17(23)20-25)21(11-15(22)19-12)29(26,27)14-7-5-13(6-8-14)28-10-4-9-18(2,3)24/h5-8,12,16,24-25H,10-11H2,1-3H3,(H,19,22)(H,20,23). The molecule has 1 fully saturated rings. The first-order valence-electron chi connectivity index (χ1n) is 8.66. The molecule has 10 nitrogen and oxygen atoms in total. The Morgan fingerprint density at radius 2 is 2.00 bits per heavy atom. The molecular formula is C18H23N3O7S. The predicted molar refractivity (Wildman–Crippen MR) is 101 cm³/mol. The summed E-state index contributed by atoms with van der Waals surface area (Å²) in [5.74, 6) is 4.06. The fourth-order valence-corrected chi connectivity index (χ4v) is 4.36. The lowest BCUT2D eigenvalue weighted by molar-refractivity contribution is -0.137. The van der Waals surface area contributed by atoms with Crippen LogP contribution in [0.5, 0.6) is 5.75 Å². The van der Waals surface area contributed by atoms with E-state index < -0.39 is 46.1 Å². The quantitative estimate of drug-likeness (QED) is 0.275. The molecule has 0 saturated carbocycles. The number of amides is 2. The van der Waals surface area contributed by atoms with Crippen molar-refractivity contribution in [2.45, 2.75) is 43.4 Å². The zero-order valence-electron chi connectivity index (χ0n) is 16.2. The Hall–Kier alpha value is -2.65. The summed E-state index contributed by atoms with van der Waals surface area (Å²) in [4.78, 5) is 23.7. The van der Waals surface area contributed by atoms with Crippen molar-refractivity contribution in [2.24, 2.45) is 0 Å². The average Bonchev–Trinajstić information content (AvgIpc) is 2.63. The van der Waals surface area contributed by atoms with Crippen molar-refractivity contribution in [1.29, 1.82) is 0 Å². The molecule has 4 N–H and O–H groups in total. The summed E-state index contributed by atoms with van der Waals surface area (Å²) < 4.78 is 32.1. The SMILES string of the molecule is CC1NC(=O)CN(S(=O)(=O)c2ccc(OCC#CC(C)(C)O)cc2)C1C(=O)NO. The average molecular weight is 425 g/mol. The number of carbonyl (C=O) groups is 2. The first-order chi connectivity index (χ1) is 13.5. The Bertz CT molecular complexity index is 927. The van der Waals surface area contributed by atoms with Gasteiger partial charge in [0.1, 0.15) is 24.0 Å². The van der Waals surface area contributed by atoms with Gasteiger partial charge in [0.25, 0.3) is 5.91 Å². The molecule has 11 heteroatoms. The number of hydrogen-bond donors (Lipinski definition) is 4. The predicted octanol–water partition coefficient (Wildman–Crippen LogP) is -0.777. The maximum atomic E-state index is 13.0. The van der Waals surface area contributed by atoms with Crippen LogP contribution >= 0.6 is 0 Å². The van der Waals surface area contributed by atoms with Crippen LogP contribution in [-0.2, 0) is 19.6 Å². The highest BCUT2D eigenvalue weighted by molar-refractivity contribution is 7.89. The molecule has 0 aliphatic carbocycles. The third-order valence-corrected chi connectivity index (χ3v) is 5.83. The fourth-order valence-electron chi connectivity index (χ4n) is 2.74. The third kappa shape index (κ3) is 5.68. The number of piperazine rings is 1. The Labute approximate surface area is 168 Å². The molecule has 2 amide bonds. The van der Waals surface area contributed by atoms with Crippen LogP contribution < -0.4 is 15.5 Å². The number of nitrogens with zero attached hydrogens (tertiary/aromatic N) is 1. The normalized spacial score (nSPS) is 20.2. The van der Waals surface area contributed by atoms with Gasteiger partial charge in [0.2, 0.25) is 15.9 Å². The largest absolute Gasteiger partial charge is 0.481 e. The molecule has 29 heavy (non-hydrogen) atoms. The van der Waals surface area contributed by atoms with Crippen molar-refractivity contribution >= 4 is 21.8 Å². The van der Waals surface area contributed by atoms with Crippen LogP contribution in [0.15, 0.2) is 29.2 Å². The molecule has 2 atom stereocenters. The summed E-state index contributed by atoms with van der Waals surface area (Å²) in [5.41, 5.74) is 0.292. The van der Waals surface area contributed by atoms with Gasteiger partial charge in [0, 0.05) is 0 Å². The molecule has 1 aromatic carbocycles. The zero-order valence-corrected chi connectivity index (χ0v) is 17.0. The van der Waals surface area contributed by atoms with Crippen molar-refractivity contribution in [3.8, 4) is 17.6 Å². The first-order valence-corrected chi connectivity index (χ1v) is 10.1. The first kappa shape index (κ1) is 22.6. The van der Waals surface area contributed by atoms with Crippen molar-refractivity contribution in [3.05, 3.63) is 24.3 Å². The summed E-state index contributed by atoms with van der Waals surface area (Å²) in [5, 5.41) is 20.9. The van der Waals surface area contributed by atoms with Crippen molar-refractivity contribution < 1.29 is 33.1 Å². The summed E-state index contributed by atoms with van der Waals surface area (Å²) in [7, 11) is -4.21. The van der Waals surface area contributed by atoms with E-state index in [1.54, 1.807) is 0 Å². The van der Waals surface area contributed by atoms with Crippen molar-refractivity contribution in [3.63, 3.8) is 0 Å². The molecule has 158 valence electrons. The molecule has 0 bridgehead atoms. The highest BCUT2D eigenvalue weighted by Gasteiger charge is 2.44. The summed E-state index contributed by atoms with van der Waals surface area (Å²) in [6.07, 6.45) is 0. The summed E-state index contributed by atoms with van der Waals surface area (Å²) in [6.45, 7) is 3.97. The molecule has 1 heterocycles. The molecule has 2 unspecified atom stereocenters. The summed E-state index contributed by atoms with van der Waals surface area (Å²) in [6, 6.07) is 3.23. The van der Waals surface area contributed by atoms with Crippen LogP contribution in [0.1, 0.15) is 20.8 Å². The lowest BCUT2D eigenvalue weighted by Gasteiger charge is -2.37. The number of rotatable bonds is 5. The van der Waals surface area contributed by atoms with Crippen LogP contribution in [0.3, 0.4) is 0 Å². The Balaban J connectivity index is 2.21. The van der Waals surface area contributed by atoms with Crippen LogP contribution in [-0.4, -0.2) is 65.7 Å². The van der Waals surface area contributed by atoms with Gasteiger partial charge in [-0.25, -0.2) is 13.9 Å². The van der Waals surface area contributed by atoms with Crippen LogP contribution in [0.2, 0.25) is 0 Å². The second-order valence-corrected chi connectivity index (χ2v) is 8.84. The second kappa shape index (κ2) is 8.79. The van der Waals surface area contributed by atoms with Gasteiger partial charge in [0.05, 0.1) is 17.5 Å². The molecule has 1 aliphatic heterocycles. The van der Waals surface area contributed by atoms with Gasteiger partial charge in [-0.05, 0) is 45.0 Å². The van der Waals surface area contributed by atoms with E-state index in [0.717, 1.165) is 4.31 Å². The van der Waals surface area contributed by atoms with E-state index in [9.17, 15) is 23.1 Å². The van der Waals surface area contributed by atoms with Gasteiger partial charge < -0.3 is 15.2 Å². The number of carbonyl (C=O) groups excluding carboxylic acids is 2. The minimum Gasteiger partial charge on any atom is -0.481 e. The molecular weight excluding hydrogens is 402 g/mol. The van der Waals surface area contributed by atoms with Gasteiger partial charge in [0.15, 0.2) is 0 Å².